The summed E-state index contributed by atoms with van der Waals surface area (Å²) >= 11 is 0. The van der Waals surface area contributed by atoms with Gasteiger partial charge >= 0.3 is 0 Å². The molecular formula is C16H19FN2. The average Bonchev–Trinajstić information content (AvgIpc) is 2.43. The van der Waals surface area contributed by atoms with Crippen LogP contribution in [-0.2, 0) is 13.1 Å². The third-order valence-corrected chi connectivity index (χ3v) is 3.27. The predicted molar refractivity (Wildman–Crippen MR) is 77.2 cm³/mol. The molecule has 2 rings (SSSR count). The summed E-state index contributed by atoms with van der Waals surface area (Å²) < 4.78 is 12.3. The Morgan fingerprint density at radius 2 is 1.95 bits per heavy atom. The number of benzene rings is 1. The van der Waals surface area contributed by atoms with Gasteiger partial charge in [0.05, 0.1) is 5.69 Å². The molecule has 0 amide bonds. The van der Waals surface area contributed by atoms with Crippen LogP contribution in [0.5, 0.6) is 0 Å². The Morgan fingerprint density at radius 3 is 2.58 bits per heavy atom. The van der Waals surface area contributed by atoms with Crippen molar-refractivity contribution in [2.24, 2.45) is 0 Å². The van der Waals surface area contributed by atoms with E-state index in [0.717, 1.165) is 24.2 Å². The van der Waals surface area contributed by atoms with E-state index in [-0.39, 0.29) is 0 Å². The van der Waals surface area contributed by atoms with Crippen molar-refractivity contribution in [3.8, 4) is 0 Å². The summed E-state index contributed by atoms with van der Waals surface area (Å²) in [5, 5.41) is 3.39. The smallest absolute Gasteiger partial charge is 0.131 e. The summed E-state index contributed by atoms with van der Waals surface area (Å²) in [6.07, 6.45) is 2.63. The second-order valence-corrected chi connectivity index (χ2v) is 4.77. The van der Waals surface area contributed by atoms with E-state index in [9.17, 15) is 4.39 Å². The highest BCUT2D eigenvalue weighted by molar-refractivity contribution is 5.48. The van der Waals surface area contributed by atoms with Gasteiger partial charge in [-0.2, -0.15) is 0 Å². The van der Waals surface area contributed by atoms with Crippen molar-refractivity contribution in [3.63, 3.8) is 0 Å². The molecule has 0 aliphatic rings. The Morgan fingerprint density at radius 1 is 1.11 bits per heavy atom. The standard InChI is InChI=1S/C16H19FN2/c1-12-3-5-15(9-13(12)2)18-8-7-14-4-6-16(10-17)19-11-14/h3-6,9,11,18H,7-8,10H2,1-2H3. The van der Waals surface area contributed by atoms with E-state index < -0.39 is 6.67 Å². The lowest BCUT2D eigenvalue weighted by Crippen LogP contribution is -2.05. The number of anilines is 1. The summed E-state index contributed by atoms with van der Waals surface area (Å²) in [7, 11) is 0. The summed E-state index contributed by atoms with van der Waals surface area (Å²) in [5.74, 6) is 0. The first-order valence-electron chi connectivity index (χ1n) is 6.50. The Labute approximate surface area is 113 Å². The monoisotopic (exact) mass is 258 g/mol. The van der Waals surface area contributed by atoms with Crippen molar-refractivity contribution >= 4 is 5.69 Å². The van der Waals surface area contributed by atoms with Crippen LogP contribution < -0.4 is 5.32 Å². The molecule has 2 nitrogen and oxygen atoms in total. The molecule has 3 heteroatoms. The summed E-state index contributed by atoms with van der Waals surface area (Å²) in [4.78, 5) is 4.05. The Hall–Kier alpha value is -1.90. The summed E-state index contributed by atoms with van der Waals surface area (Å²) in [6, 6.07) is 10.0. The molecule has 0 saturated carbocycles. The van der Waals surface area contributed by atoms with Crippen LogP contribution in [0.25, 0.3) is 0 Å². The van der Waals surface area contributed by atoms with Gasteiger partial charge in [0.25, 0.3) is 0 Å². The van der Waals surface area contributed by atoms with Gasteiger partial charge in [-0.1, -0.05) is 12.1 Å². The van der Waals surface area contributed by atoms with Crippen LogP contribution in [0, 0.1) is 13.8 Å². The zero-order chi connectivity index (χ0) is 13.7. The quantitative estimate of drug-likeness (QED) is 0.881. The lowest BCUT2D eigenvalue weighted by atomic mass is 10.1. The second kappa shape index (κ2) is 6.32. The van der Waals surface area contributed by atoms with Crippen LogP contribution in [0.3, 0.4) is 0 Å². The van der Waals surface area contributed by atoms with Crippen LogP contribution in [0.1, 0.15) is 22.4 Å². The highest BCUT2D eigenvalue weighted by atomic mass is 19.1. The van der Waals surface area contributed by atoms with E-state index in [0.29, 0.717) is 5.69 Å². The highest BCUT2D eigenvalue weighted by Crippen LogP contribution is 2.14. The fourth-order valence-electron chi connectivity index (χ4n) is 1.88. The van der Waals surface area contributed by atoms with E-state index in [1.165, 1.54) is 11.1 Å². The van der Waals surface area contributed by atoms with E-state index in [1.807, 2.05) is 6.07 Å². The number of halogens is 1. The lowest BCUT2D eigenvalue weighted by Gasteiger charge is -2.08. The van der Waals surface area contributed by atoms with Gasteiger partial charge in [-0.05, 0) is 55.2 Å². The Bertz CT molecular complexity index is 535. The second-order valence-electron chi connectivity index (χ2n) is 4.77. The SMILES string of the molecule is Cc1ccc(NCCc2ccc(CF)nc2)cc1C. The highest BCUT2D eigenvalue weighted by Gasteiger charge is 1.98. The molecule has 0 fully saturated rings. The van der Waals surface area contributed by atoms with Crippen LogP contribution in [0.15, 0.2) is 36.5 Å². The van der Waals surface area contributed by atoms with Crippen molar-refractivity contribution < 1.29 is 4.39 Å². The number of hydrogen-bond acceptors (Lipinski definition) is 2. The molecule has 1 aromatic heterocycles. The number of aromatic nitrogens is 1. The Kier molecular flexibility index (Phi) is 4.50. The molecule has 1 heterocycles. The topological polar surface area (TPSA) is 24.9 Å². The van der Waals surface area contributed by atoms with Gasteiger partial charge in [0, 0.05) is 18.4 Å². The predicted octanol–water partition coefficient (Wildman–Crippen LogP) is 3.82. The maximum atomic E-state index is 12.3. The van der Waals surface area contributed by atoms with E-state index >= 15 is 0 Å². The van der Waals surface area contributed by atoms with E-state index in [2.05, 4.69) is 42.3 Å². The first-order valence-corrected chi connectivity index (χ1v) is 6.50. The fourth-order valence-corrected chi connectivity index (χ4v) is 1.88. The largest absolute Gasteiger partial charge is 0.385 e. The molecule has 0 bridgehead atoms. The summed E-state index contributed by atoms with van der Waals surface area (Å²) in [6.45, 7) is 4.57. The third-order valence-electron chi connectivity index (χ3n) is 3.27. The van der Waals surface area contributed by atoms with Gasteiger partial charge in [0.15, 0.2) is 0 Å². The van der Waals surface area contributed by atoms with Gasteiger partial charge < -0.3 is 5.32 Å². The maximum Gasteiger partial charge on any atom is 0.131 e. The minimum Gasteiger partial charge on any atom is -0.385 e. The van der Waals surface area contributed by atoms with E-state index in [1.54, 1.807) is 12.3 Å². The molecule has 0 aliphatic carbocycles. The Balaban J connectivity index is 1.86. The number of hydrogen-bond donors (Lipinski definition) is 1. The fraction of sp³-hybridized carbons (Fsp3) is 0.312. The van der Waals surface area contributed by atoms with Crippen molar-refractivity contribution in [1.29, 1.82) is 0 Å². The van der Waals surface area contributed by atoms with Gasteiger partial charge in [0.1, 0.15) is 6.67 Å². The molecule has 0 aliphatic heterocycles. The number of nitrogens with one attached hydrogen (secondary N) is 1. The minimum atomic E-state index is -0.499. The number of rotatable bonds is 5. The molecule has 2 aromatic rings. The van der Waals surface area contributed by atoms with Crippen LogP contribution in [0.2, 0.25) is 0 Å². The third kappa shape index (κ3) is 3.78. The van der Waals surface area contributed by atoms with Gasteiger partial charge in [0.2, 0.25) is 0 Å². The molecule has 0 atom stereocenters. The molecule has 19 heavy (non-hydrogen) atoms. The number of alkyl halides is 1. The average molecular weight is 258 g/mol. The van der Waals surface area contributed by atoms with Gasteiger partial charge in [-0.25, -0.2) is 4.39 Å². The van der Waals surface area contributed by atoms with Crippen LogP contribution in [-0.4, -0.2) is 11.5 Å². The summed E-state index contributed by atoms with van der Waals surface area (Å²) in [5.41, 5.74) is 5.34. The van der Waals surface area contributed by atoms with Gasteiger partial charge in [-0.15, -0.1) is 0 Å². The molecular weight excluding hydrogens is 239 g/mol. The van der Waals surface area contributed by atoms with Crippen molar-refractivity contribution in [2.45, 2.75) is 26.9 Å². The van der Waals surface area contributed by atoms with Crippen LogP contribution in [0.4, 0.5) is 10.1 Å². The first kappa shape index (κ1) is 13.5. The van der Waals surface area contributed by atoms with Crippen molar-refractivity contribution in [1.82, 2.24) is 4.98 Å². The maximum absolute atomic E-state index is 12.3. The molecule has 0 saturated heterocycles. The number of pyridine rings is 1. The zero-order valence-corrected chi connectivity index (χ0v) is 11.4. The van der Waals surface area contributed by atoms with Crippen molar-refractivity contribution in [2.75, 3.05) is 11.9 Å². The molecule has 1 N–H and O–H groups in total. The molecule has 0 radical (unpaired) electrons. The number of aryl methyl sites for hydroxylation is 2. The minimum absolute atomic E-state index is 0.492. The van der Waals surface area contributed by atoms with Crippen LogP contribution >= 0.6 is 0 Å². The van der Waals surface area contributed by atoms with Gasteiger partial charge in [-0.3, -0.25) is 4.98 Å². The molecule has 1 aromatic carbocycles. The molecule has 0 unspecified atom stereocenters. The molecule has 0 spiro atoms. The van der Waals surface area contributed by atoms with E-state index in [4.69, 9.17) is 0 Å². The first-order chi connectivity index (χ1) is 9.19. The normalized spacial score (nSPS) is 10.5. The molecule has 100 valence electrons. The lowest BCUT2D eigenvalue weighted by molar-refractivity contribution is 0.476. The van der Waals surface area contributed by atoms with Crippen molar-refractivity contribution in [3.05, 3.63) is 58.9 Å². The number of nitrogens with zero attached hydrogens (tertiary/aromatic N) is 1. The zero-order valence-electron chi connectivity index (χ0n) is 11.4.